The van der Waals surface area contributed by atoms with Gasteiger partial charge in [0.05, 0.1) is 18.8 Å². The number of ether oxygens (including phenoxy) is 1. The van der Waals surface area contributed by atoms with Crippen LogP contribution in [0.15, 0.2) is 28.8 Å². The minimum atomic E-state index is -5.08. The van der Waals surface area contributed by atoms with Crippen LogP contribution in [0.5, 0.6) is 0 Å². The molecule has 0 radical (unpaired) electrons. The summed E-state index contributed by atoms with van der Waals surface area (Å²) in [4.78, 5) is 24.3. The summed E-state index contributed by atoms with van der Waals surface area (Å²) in [6.45, 7) is 8.31. The van der Waals surface area contributed by atoms with E-state index in [2.05, 4.69) is 34.5 Å². The smallest absolute Gasteiger partial charge is 0.475 e. The van der Waals surface area contributed by atoms with Gasteiger partial charge in [-0.25, -0.2) is 4.79 Å². The Bertz CT molecular complexity index is 1190. The van der Waals surface area contributed by atoms with E-state index in [0.29, 0.717) is 30.1 Å². The standard InChI is InChI=1S/C25H33F3N4O3.C2HF3O2/c1-24(2,16-32-11-13-34-14-12-32)29-15-20-21(23(33)30-19-5-3-4-6-19)31-35-22(20)17-7-9-18(10-8-17)25(26,27)28;3-2(4,5)1(6)7/h7-10,19,29H,3-6,11-16H2,1-2H3,(H,30,33);(H,6,7). The molecule has 3 N–H and O–H groups in total. The number of carboxylic acid groups (broad SMARTS) is 1. The second-order valence-electron chi connectivity index (χ2n) is 10.8. The maximum absolute atomic E-state index is 13.1. The molecule has 15 heteroatoms. The fourth-order valence-electron chi connectivity index (χ4n) is 4.71. The van der Waals surface area contributed by atoms with E-state index in [9.17, 15) is 31.1 Å². The minimum absolute atomic E-state index is 0.104. The number of alkyl halides is 6. The van der Waals surface area contributed by atoms with Crippen LogP contribution < -0.4 is 10.6 Å². The first-order valence-corrected chi connectivity index (χ1v) is 13.4. The Kier molecular flexibility index (Phi) is 11.0. The van der Waals surface area contributed by atoms with Crippen LogP contribution >= 0.6 is 0 Å². The monoisotopic (exact) mass is 608 g/mol. The van der Waals surface area contributed by atoms with Crippen LogP contribution in [-0.2, 0) is 22.3 Å². The number of hydrogen-bond acceptors (Lipinski definition) is 7. The molecule has 0 atom stereocenters. The van der Waals surface area contributed by atoms with Gasteiger partial charge >= 0.3 is 18.3 Å². The first-order valence-electron chi connectivity index (χ1n) is 13.4. The van der Waals surface area contributed by atoms with Gasteiger partial charge in [0.15, 0.2) is 11.5 Å². The molecule has 2 aliphatic rings. The highest BCUT2D eigenvalue weighted by molar-refractivity contribution is 5.95. The number of carbonyl (C=O) groups excluding carboxylic acids is 1. The number of carbonyl (C=O) groups is 2. The second-order valence-corrected chi connectivity index (χ2v) is 10.8. The number of morpholine rings is 1. The molecule has 4 rings (SSSR count). The molecule has 1 amide bonds. The van der Waals surface area contributed by atoms with Crippen LogP contribution in [0.3, 0.4) is 0 Å². The van der Waals surface area contributed by atoms with Crippen molar-refractivity contribution >= 4 is 11.9 Å². The number of halogens is 6. The Morgan fingerprint density at radius 1 is 1.02 bits per heavy atom. The summed E-state index contributed by atoms with van der Waals surface area (Å²) in [7, 11) is 0. The topological polar surface area (TPSA) is 117 Å². The molecule has 9 nitrogen and oxygen atoms in total. The van der Waals surface area contributed by atoms with E-state index in [1.807, 2.05) is 0 Å². The first-order chi connectivity index (χ1) is 19.6. The van der Waals surface area contributed by atoms with Crippen LogP contribution in [-0.4, -0.2) is 77.6 Å². The van der Waals surface area contributed by atoms with Crippen molar-refractivity contribution in [2.75, 3.05) is 32.8 Å². The van der Waals surface area contributed by atoms with Gasteiger partial charge in [-0.1, -0.05) is 30.1 Å². The SMILES string of the molecule is CC(C)(CN1CCOCC1)NCc1c(C(=O)NC2CCCC2)noc1-c1ccc(C(F)(F)F)cc1.O=C(O)C(F)(F)F. The van der Waals surface area contributed by atoms with Gasteiger partial charge in [-0.15, -0.1) is 0 Å². The zero-order valence-electron chi connectivity index (χ0n) is 23.2. The molecule has 1 aliphatic heterocycles. The van der Waals surface area contributed by atoms with Gasteiger partial charge < -0.3 is 25.0 Å². The van der Waals surface area contributed by atoms with E-state index in [-0.39, 0.29) is 29.7 Å². The fraction of sp³-hybridized carbons (Fsp3) is 0.593. The Hall–Kier alpha value is -3.17. The number of aromatic nitrogens is 1. The fourth-order valence-corrected chi connectivity index (χ4v) is 4.71. The molecule has 0 bridgehead atoms. The quantitative estimate of drug-likeness (QED) is 0.364. The third-order valence-electron chi connectivity index (χ3n) is 6.88. The minimum Gasteiger partial charge on any atom is -0.475 e. The molecule has 2 fully saturated rings. The van der Waals surface area contributed by atoms with Crippen LogP contribution in [0.1, 0.15) is 61.1 Å². The van der Waals surface area contributed by atoms with Crippen LogP contribution in [0, 0.1) is 0 Å². The van der Waals surface area contributed by atoms with Gasteiger partial charge in [0, 0.05) is 48.9 Å². The molecule has 0 unspecified atom stereocenters. The average Bonchev–Trinajstić information content (AvgIpc) is 3.57. The number of rotatable bonds is 8. The number of aliphatic carboxylic acids is 1. The highest BCUT2D eigenvalue weighted by Gasteiger charge is 2.38. The molecule has 1 aromatic heterocycles. The number of nitrogens with zero attached hydrogens (tertiary/aromatic N) is 2. The molecule has 2 heterocycles. The Balaban J connectivity index is 0.000000616. The second kappa shape index (κ2) is 13.9. The average molecular weight is 609 g/mol. The Morgan fingerprint density at radius 3 is 2.12 bits per heavy atom. The van der Waals surface area contributed by atoms with Gasteiger partial charge in [-0.3, -0.25) is 9.69 Å². The lowest BCUT2D eigenvalue weighted by Gasteiger charge is -2.35. The Labute approximate surface area is 238 Å². The van der Waals surface area contributed by atoms with Crippen molar-refractivity contribution in [3.63, 3.8) is 0 Å². The summed E-state index contributed by atoms with van der Waals surface area (Å²) in [5.41, 5.74) is 0.0989. The molecule has 42 heavy (non-hydrogen) atoms. The maximum Gasteiger partial charge on any atom is 0.490 e. The first kappa shape index (κ1) is 33.3. The highest BCUT2D eigenvalue weighted by atomic mass is 19.4. The van der Waals surface area contributed by atoms with Crippen molar-refractivity contribution in [2.24, 2.45) is 0 Å². The van der Waals surface area contributed by atoms with Crippen LogP contribution in [0.4, 0.5) is 26.3 Å². The van der Waals surface area contributed by atoms with Crippen molar-refractivity contribution in [1.82, 2.24) is 20.7 Å². The molecule has 1 saturated carbocycles. The van der Waals surface area contributed by atoms with Gasteiger partial charge in [0.2, 0.25) is 0 Å². The molecule has 0 spiro atoms. The molecule has 1 saturated heterocycles. The normalized spacial score (nSPS) is 17.0. The zero-order valence-corrected chi connectivity index (χ0v) is 23.2. The molecular weight excluding hydrogens is 574 g/mol. The number of amides is 1. The van der Waals surface area contributed by atoms with Crippen molar-refractivity contribution in [2.45, 2.75) is 70.0 Å². The molecule has 1 aromatic carbocycles. The van der Waals surface area contributed by atoms with E-state index in [4.69, 9.17) is 19.2 Å². The van der Waals surface area contributed by atoms with Crippen molar-refractivity contribution in [3.05, 3.63) is 41.1 Å². The third-order valence-corrected chi connectivity index (χ3v) is 6.88. The lowest BCUT2D eigenvalue weighted by atomic mass is 10.0. The van der Waals surface area contributed by atoms with Crippen molar-refractivity contribution in [1.29, 1.82) is 0 Å². The van der Waals surface area contributed by atoms with E-state index >= 15 is 0 Å². The molecule has 2 aromatic rings. The number of benzene rings is 1. The van der Waals surface area contributed by atoms with Crippen LogP contribution in [0.25, 0.3) is 11.3 Å². The maximum atomic E-state index is 13.1. The van der Waals surface area contributed by atoms with Gasteiger partial charge in [-0.05, 0) is 38.8 Å². The van der Waals surface area contributed by atoms with E-state index in [1.165, 1.54) is 12.1 Å². The lowest BCUT2D eigenvalue weighted by Crippen LogP contribution is -2.51. The van der Waals surface area contributed by atoms with Gasteiger partial charge in [-0.2, -0.15) is 26.3 Å². The summed E-state index contributed by atoms with van der Waals surface area (Å²) >= 11 is 0. The van der Waals surface area contributed by atoms with E-state index < -0.39 is 23.9 Å². The van der Waals surface area contributed by atoms with Crippen molar-refractivity contribution < 1.29 is 50.3 Å². The highest BCUT2D eigenvalue weighted by Crippen LogP contribution is 2.33. The largest absolute Gasteiger partial charge is 0.490 e. The summed E-state index contributed by atoms with van der Waals surface area (Å²) in [5, 5.41) is 17.7. The summed E-state index contributed by atoms with van der Waals surface area (Å²) in [6.07, 6.45) is -5.51. The third kappa shape index (κ3) is 9.70. The summed E-state index contributed by atoms with van der Waals surface area (Å²) in [5.74, 6) is -2.78. The predicted molar refractivity (Wildman–Crippen MR) is 139 cm³/mol. The van der Waals surface area contributed by atoms with Gasteiger partial charge in [0.25, 0.3) is 5.91 Å². The predicted octanol–water partition coefficient (Wildman–Crippen LogP) is 4.87. The van der Waals surface area contributed by atoms with Gasteiger partial charge in [0.1, 0.15) is 0 Å². The molecular formula is C27H34F6N4O5. The van der Waals surface area contributed by atoms with E-state index in [1.54, 1.807) is 0 Å². The zero-order chi connectivity index (χ0) is 31.1. The number of nitrogens with one attached hydrogen (secondary N) is 2. The molecule has 234 valence electrons. The lowest BCUT2D eigenvalue weighted by molar-refractivity contribution is -0.192. The molecule has 1 aliphatic carbocycles. The Morgan fingerprint density at radius 2 is 1.60 bits per heavy atom. The van der Waals surface area contributed by atoms with Crippen molar-refractivity contribution in [3.8, 4) is 11.3 Å². The van der Waals surface area contributed by atoms with Crippen LogP contribution in [0.2, 0.25) is 0 Å². The number of hydrogen-bond donors (Lipinski definition) is 3. The summed E-state index contributed by atoms with van der Waals surface area (Å²) < 4.78 is 81.8. The summed E-state index contributed by atoms with van der Waals surface area (Å²) in [6, 6.07) is 4.83. The van der Waals surface area contributed by atoms with E-state index in [0.717, 1.165) is 57.5 Å². The number of carboxylic acids is 1.